The van der Waals surface area contributed by atoms with E-state index in [9.17, 15) is 13.6 Å². The lowest BCUT2D eigenvalue weighted by Crippen LogP contribution is -2.01. The topological polar surface area (TPSA) is 30.0 Å². The molecule has 0 N–H and O–H groups in total. The van der Waals surface area contributed by atoms with Gasteiger partial charge in [0, 0.05) is 0 Å². The maximum atomic E-state index is 12.6. The number of pyridine rings is 1. The third-order valence-electron chi connectivity index (χ3n) is 1.10. The second-order valence-electron chi connectivity index (χ2n) is 1.87. The molecule has 12 heavy (non-hydrogen) atoms. The summed E-state index contributed by atoms with van der Waals surface area (Å²) < 4.78 is 25.2. The fraction of sp³-hybridized carbons (Fsp3) is 0. The second-order valence-corrected chi connectivity index (χ2v) is 3.38. The molecule has 64 valence electrons. The number of nitrogens with zero attached hydrogens (tertiary/aromatic N) is 1. The lowest BCUT2D eigenvalue weighted by molar-refractivity contribution is 0.107. The molecule has 0 saturated carbocycles. The Labute approximate surface area is 85.1 Å². The van der Waals surface area contributed by atoms with E-state index in [4.69, 9.17) is 11.6 Å². The third kappa shape index (κ3) is 1.89. The molecule has 1 heterocycles. The quantitative estimate of drug-likeness (QED) is 0.453. The number of aromatic nitrogens is 1. The highest BCUT2D eigenvalue weighted by Crippen LogP contribution is 2.14. The number of carbonyl (C=O) groups is 1. The summed E-state index contributed by atoms with van der Waals surface area (Å²) in [7, 11) is 0. The molecule has 0 bridgehead atoms. The molecule has 0 aliphatic carbocycles. The SMILES string of the molecule is O=C(Cl)c1cc(I)c(F)nc1F. The van der Waals surface area contributed by atoms with Crippen LogP contribution in [0.25, 0.3) is 0 Å². The van der Waals surface area contributed by atoms with E-state index in [1.165, 1.54) is 0 Å². The van der Waals surface area contributed by atoms with Gasteiger partial charge in [0.1, 0.15) is 0 Å². The number of rotatable bonds is 1. The van der Waals surface area contributed by atoms with Crippen LogP contribution in [0.15, 0.2) is 6.07 Å². The zero-order valence-electron chi connectivity index (χ0n) is 5.44. The predicted molar refractivity (Wildman–Crippen MR) is 47.1 cm³/mol. The molecule has 0 atom stereocenters. The van der Waals surface area contributed by atoms with Gasteiger partial charge < -0.3 is 0 Å². The molecular weight excluding hydrogens is 302 g/mol. The summed E-state index contributed by atoms with van der Waals surface area (Å²) in [6.07, 6.45) is 0. The van der Waals surface area contributed by atoms with E-state index in [2.05, 4.69) is 4.98 Å². The Morgan fingerprint density at radius 2 is 2.08 bits per heavy atom. The highest BCUT2D eigenvalue weighted by Gasteiger charge is 2.14. The molecule has 0 unspecified atom stereocenters. The van der Waals surface area contributed by atoms with Crippen molar-refractivity contribution in [3.63, 3.8) is 0 Å². The Morgan fingerprint density at radius 1 is 1.50 bits per heavy atom. The van der Waals surface area contributed by atoms with Crippen LogP contribution in [0.3, 0.4) is 0 Å². The highest BCUT2D eigenvalue weighted by molar-refractivity contribution is 14.1. The van der Waals surface area contributed by atoms with Crippen molar-refractivity contribution >= 4 is 39.4 Å². The van der Waals surface area contributed by atoms with Crippen LogP contribution in [0.5, 0.6) is 0 Å². The van der Waals surface area contributed by atoms with Crippen LogP contribution in [0.1, 0.15) is 10.4 Å². The van der Waals surface area contributed by atoms with Gasteiger partial charge in [-0.3, -0.25) is 4.79 Å². The van der Waals surface area contributed by atoms with Crippen molar-refractivity contribution in [2.45, 2.75) is 0 Å². The number of carbonyl (C=O) groups excluding carboxylic acids is 1. The van der Waals surface area contributed by atoms with Gasteiger partial charge in [-0.05, 0) is 40.3 Å². The van der Waals surface area contributed by atoms with Gasteiger partial charge in [-0.15, -0.1) is 0 Å². The first-order chi connectivity index (χ1) is 5.52. The molecule has 0 aromatic carbocycles. The molecule has 0 fully saturated rings. The van der Waals surface area contributed by atoms with Crippen molar-refractivity contribution in [3.05, 3.63) is 27.1 Å². The molecule has 0 aliphatic rings. The van der Waals surface area contributed by atoms with Gasteiger partial charge in [-0.2, -0.15) is 13.8 Å². The normalized spacial score (nSPS) is 10.0. The number of hydrogen-bond acceptors (Lipinski definition) is 2. The van der Waals surface area contributed by atoms with Crippen LogP contribution in [0.2, 0.25) is 0 Å². The van der Waals surface area contributed by atoms with Crippen LogP contribution in [-0.4, -0.2) is 10.2 Å². The van der Waals surface area contributed by atoms with E-state index in [1.807, 2.05) is 0 Å². The van der Waals surface area contributed by atoms with Crippen LogP contribution in [-0.2, 0) is 0 Å². The van der Waals surface area contributed by atoms with Gasteiger partial charge in [0.05, 0.1) is 9.13 Å². The van der Waals surface area contributed by atoms with E-state index in [1.54, 1.807) is 22.6 Å². The molecule has 6 heteroatoms. The zero-order valence-corrected chi connectivity index (χ0v) is 8.36. The molecule has 0 aliphatic heterocycles. The van der Waals surface area contributed by atoms with Gasteiger partial charge in [-0.25, -0.2) is 0 Å². The van der Waals surface area contributed by atoms with Crippen molar-refractivity contribution in [3.8, 4) is 0 Å². The summed E-state index contributed by atoms with van der Waals surface area (Å²) in [5.74, 6) is -2.14. The first kappa shape index (κ1) is 9.79. The standard InChI is InChI=1S/C6HClF2INO/c7-4(12)2-1-3(10)6(9)11-5(2)8/h1H. The molecule has 0 amide bonds. The summed E-state index contributed by atoms with van der Waals surface area (Å²) in [5.41, 5.74) is -0.414. The molecule has 0 radical (unpaired) electrons. The lowest BCUT2D eigenvalue weighted by atomic mass is 10.3. The average Bonchev–Trinajstić information content (AvgIpc) is 1.96. The first-order valence-electron chi connectivity index (χ1n) is 2.73. The summed E-state index contributed by atoms with van der Waals surface area (Å²) in [6, 6.07) is 1.01. The predicted octanol–water partition coefficient (Wildman–Crippen LogP) is 2.34. The smallest absolute Gasteiger partial charge is 0.257 e. The van der Waals surface area contributed by atoms with Gasteiger partial charge in [0.25, 0.3) is 5.24 Å². The summed E-state index contributed by atoms with van der Waals surface area (Å²) >= 11 is 6.57. The Morgan fingerprint density at radius 3 is 2.58 bits per heavy atom. The Hall–Kier alpha value is -0.300. The van der Waals surface area contributed by atoms with E-state index < -0.39 is 22.7 Å². The van der Waals surface area contributed by atoms with Crippen LogP contribution in [0.4, 0.5) is 8.78 Å². The molecule has 1 aromatic rings. The summed E-state index contributed by atoms with van der Waals surface area (Å²) in [6.45, 7) is 0. The largest absolute Gasteiger partial charge is 0.275 e. The Bertz CT molecular complexity index is 345. The minimum atomic E-state index is -1.19. The molecule has 1 rings (SSSR count). The van der Waals surface area contributed by atoms with Crippen molar-refractivity contribution in [1.82, 2.24) is 4.98 Å². The molecule has 1 aromatic heterocycles. The van der Waals surface area contributed by atoms with Crippen molar-refractivity contribution in [2.75, 3.05) is 0 Å². The maximum absolute atomic E-state index is 12.6. The third-order valence-corrected chi connectivity index (χ3v) is 2.06. The maximum Gasteiger partial charge on any atom is 0.257 e. The minimum absolute atomic E-state index is 0.0537. The molecule has 0 spiro atoms. The van der Waals surface area contributed by atoms with Crippen molar-refractivity contribution in [1.29, 1.82) is 0 Å². The monoisotopic (exact) mass is 303 g/mol. The summed E-state index contributed by atoms with van der Waals surface area (Å²) in [4.78, 5) is 13.3. The molecule has 0 saturated heterocycles. The average molecular weight is 303 g/mol. The van der Waals surface area contributed by atoms with Gasteiger partial charge >= 0.3 is 0 Å². The number of hydrogen-bond donors (Lipinski definition) is 0. The zero-order chi connectivity index (χ0) is 9.30. The molecular formula is C6HClF2INO. The van der Waals surface area contributed by atoms with E-state index in [0.29, 0.717) is 0 Å². The Balaban J connectivity index is 3.33. The first-order valence-corrected chi connectivity index (χ1v) is 4.19. The molecule has 2 nitrogen and oxygen atoms in total. The van der Waals surface area contributed by atoms with Gasteiger partial charge in [0.15, 0.2) is 0 Å². The van der Waals surface area contributed by atoms with Gasteiger partial charge in [-0.1, -0.05) is 0 Å². The fourth-order valence-corrected chi connectivity index (χ4v) is 1.15. The van der Waals surface area contributed by atoms with E-state index in [0.717, 1.165) is 6.07 Å². The van der Waals surface area contributed by atoms with E-state index in [-0.39, 0.29) is 3.57 Å². The fourth-order valence-electron chi connectivity index (χ4n) is 0.583. The van der Waals surface area contributed by atoms with Gasteiger partial charge in [0.2, 0.25) is 11.9 Å². The van der Waals surface area contributed by atoms with Crippen LogP contribution >= 0.6 is 34.2 Å². The number of halogens is 4. The van der Waals surface area contributed by atoms with Crippen molar-refractivity contribution < 1.29 is 13.6 Å². The second kappa shape index (κ2) is 3.61. The minimum Gasteiger partial charge on any atom is -0.275 e. The van der Waals surface area contributed by atoms with Crippen LogP contribution < -0.4 is 0 Å². The van der Waals surface area contributed by atoms with E-state index >= 15 is 0 Å². The lowest BCUT2D eigenvalue weighted by Gasteiger charge is -1.97. The van der Waals surface area contributed by atoms with Crippen molar-refractivity contribution in [2.24, 2.45) is 0 Å². The van der Waals surface area contributed by atoms with Crippen LogP contribution in [0, 0.1) is 15.5 Å². The summed E-state index contributed by atoms with van der Waals surface area (Å²) in [5, 5.41) is -0.988. The Kier molecular flexibility index (Phi) is 2.94. The highest BCUT2D eigenvalue weighted by atomic mass is 127.